The minimum Gasteiger partial charge on any atom is -0.395 e. The van der Waals surface area contributed by atoms with Gasteiger partial charge in [-0.3, -0.25) is 0 Å². The second-order valence-corrected chi connectivity index (χ2v) is 6.73. The summed E-state index contributed by atoms with van der Waals surface area (Å²) in [6.07, 6.45) is 1.84. The predicted octanol–water partition coefficient (Wildman–Crippen LogP) is -0.418. The van der Waals surface area contributed by atoms with Crippen LogP contribution in [0.2, 0.25) is 0 Å². The van der Waals surface area contributed by atoms with E-state index < -0.39 is 10.0 Å². The minimum absolute atomic E-state index is 0.147. The highest BCUT2D eigenvalue weighted by atomic mass is 32.2. The van der Waals surface area contributed by atoms with E-state index in [9.17, 15) is 8.42 Å². The second kappa shape index (κ2) is 5.95. The van der Waals surface area contributed by atoms with Crippen molar-refractivity contribution in [1.29, 1.82) is 0 Å². The number of hydrogen-bond donors (Lipinski definition) is 1. The average Bonchev–Trinajstić information content (AvgIpc) is 2.17. The molecule has 1 N–H and O–H groups in total. The summed E-state index contributed by atoms with van der Waals surface area (Å²) in [5, 5.41) is 8.69. The first-order valence-corrected chi connectivity index (χ1v) is 7.30. The van der Waals surface area contributed by atoms with Crippen LogP contribution in [0.15, 0.2) is 0 Å². The number of hydrogen-bond acceptors (Lipinski definition) is 4. The molecule has 0 aromatic rings. The number of nitrogens with zero attached hydrogens (tertiary/aromatic N) is 2. The van der Waals surface area contributed by atoms with E-state index in [1.165, 1.54) is 4.31 Å². The van der Waals surface area contributed by atoms with Crippen molar-refractivity contribution in [2.24, 2.45) is 5.92 Å². The van der Waals surface area contributed by atoms with E-state index in [0.29, 0.717) is 19.0 Å². The Morgan fingerprint density at radius 2 is 1.88 bits per heavy atom. The molecule has 0 saturated carbocycles. The SMILES string of the molecule is CN(C)CC1CCN(S(=O)(=O)CCO)CC1. The molecule has 0 unspecified atom stereocenters. The van der Waals surface area contributed by atoms with Crippen molar-refractivity contribution in [1.82, 2.24) is 9.21 Å². The number of sulfonamides is 1. The van der Waals surface area contributed by atoms with E-state index in [4.69, 9.17) is 5.11 Å². The Hall–Kier alpha value is -0.170. The number of piperidine rings is 1. The van der Waals surface area contributed by atoms with E-state index in [1.54, 1.807) is 0 Å². The van der Waals surface area contributed by atoms with Crippen LogP contribution in [0.25, 0.3) is 0 Å². The van der Waals surface area contributed by atoms with Crippen LogP contribution in [0.1, 0.15) is 12.8 Å². The summed E-state index contributed by atoms with van der Waals surface area (Å²) >= 11 is 0. The van der Waals surface area contributed by atoms with E-state index in [2.05, 4.69) is 4.90 Å². The van der Waals surface area contributed by atoms with E-state index in [0.717, 1.165) is 19.4 Å². The van der Waals surface area contributed by atoms with Gasteiger partial charge >= 0.3 is 0 Å². The molecular formula is C10H22N2O3S. The Labute approximate surface area is 98.1 Å². The van der Waals surface area contributed by atoms with Crippen LogP contribution in [-0.4, -0.2) is 68.8 Å². The maximum Gasteiger partial charge on any atom is 0.216 e. The zero-order valence-corrected chi connectivity index (χ0v) is 10.9. The lowest BCUT2D eigenvalue weighted by molar-refractivity contribution is 0.223. The van der Waals surface area contributed by atoms with Gasteiger partial charge in [-0.05, 0) is 32.9 Å². The van der Waals surface area contributed by atoms with Gasteiger partial charge in [0.15, 0.2) is 0 Å². The van der Waals surface area contributed by atoms with Gasteiger partial charge in [-0.15, -0.1) is 0 Å². The fourth-order valence-electron chi connectivity index (χ4n) is 2.13. The van der Waals surface area contributed by atoms with Crippen molar-refractivity contribution in [3.63, 3.8) is 0 Å². The summed E-state index contributed by atoms with van der Waals surface area (Å²) in [5.74, 6) is 0.446. The van der Waals surface area contributed by atoms with Crippen LogP contribution >= 0.6 is 0 Å². The van der Waals surface area contributed by atoms with Gasteiger partial charge in [0, 0.05) is 19.6 Å². The fraction of sp³-hybridized carbons (Fsp3) is 1.00. The maximum absolute atomic E-state index is 11.7. The lowest BCUT2D eigenvalue weighted by Crippen LogP contribution is -2.42. The quantitative estimate of drug-likeness (QED) is 0.720. The summed E-state index contributed by atoms with van der Waals surface area (Å²) in [6.45, 7) is 1.93. The number of rotatable bonds is 5. The van der Waals surface area contributed by atoms with Crippen LogP contribution in [0.4, 0.5) is 0 Å². The zero-order chi connectivity index (χ0) is 12.2. The topological polar surface area (TPSA) is 60.9 Å². The van der Waals surface area contributed by atoms with Crippen LogP contribution in [0.5, 0.6) is 0 Å². The molecule has 1 fully saturated rings. The van der Waals surface area contributed by atoms with Crippen LogP contribution in [0, 0.1) is 5.92 Å². The van der Waals surface area contributed by atoms with Gasteiger partial charge in [0.05, 0.1) is 12.4 Å². The van der Waals surface area contributed by atoms with Crippen molar-refractivity contribution in [3.8, 4) is 0 Å². The van der Waals surface area contributed by atoms with Crippen molar-refractivity contribution in [3.05, 3.63) is 0 Å². The minimum atomic E-state index is -3.22. The molecule has 0 aromatic carbocycles. The molecule has 6 heteroatoms. The van der Waals surface area contributed by atoms with Gasteiger partial charge in [0.2, 0.25) is 10.0 Å². The molecule has 1 heterocycles. The second-order valence-electron chi connectivity index (χ2n) is 4.64. The van der Waals surface area contributed by atoms with Crippen molar-refractivity contribution >= 4 is 10.0 Å². The van der Waals surface area contributed by atoms with Gasteiger partial charge in [0.25, 0.3) is 0 Å². The molecule has 16 heavy (non-hydrogen) atoms. The molecule has 0 amide bonds. The summed E-state index contributed by atoms with van der Waals surface area (Å²) in [7, 11) is 0.858. The highest BCUT2D eigenvalue weighted by Gasteiger charge is 2.27. The fourth-order valence-corrected chi connectivity index (χ4v) is 3.39. The standard InChI is InChI=1S/C10H22N2O3S/c1-11(2)9-10-3-5-12(6-4-10)16(14,15)8-7-13/h10,13H,3-9H2,1-2H3. The average molecular weight is 250 g/mol. The summed E-state index contributed by atoms with van der Waals surface area (Å²) in [6, 6.07) is 0. The van der Waals surface area contributed by atoms with Gasteiger partial charge < -0.3 is 10.0 Å². The van der Waals surface area contributed by atoms with Gasteiger partial charge in [-0.2, -0.15) is 0 Å². The first kappa shape index (κ1) is 13.9. The Balaban J connectivity index is 2.43. The monoisotopic (exact) mass is 250 g/mol. The molecule has 0 bridgehead atoms. The lowest BCUT2D eigenvalue weighted by Gasteiger charge is -2.32. The third-order valence-electron chi connectivity index (χ3n) is 2.94. The van der Waals surface area contributed by atoms with Crippen molar-refractivity contribution in [2.45, 2.75) is 12.8 Å². The Morgan fingerprint density at radius 3 is 2.31 bits per heavy atom. The smallest absolute Gasteiger partial charge is 0.216 e. The maximum atomic E-state index is 11.7. The summed E-state index contributed by atoms with van der Waals surface area (Å²) in [5.41, 5.74) is 0. The molecule has 1 rings (SSSR count). The normalized spacial score (nSPS) is 20.5. The molecule has 5 nitrogen and oxygen atoms in total. The predicted molar refractivity (Wildman–Crippen MR) is 63.7 cm³/mol. The van der Waals surface area contributed by atoms with E-state index in [-0.39, 0.29) is 12.4 Å². The molecule has 96 valence electrons. The van der Waals surface area contributed by atoms with Crippen molar-refractivity contribution in [2.75, 3.05) is 46.1 Å². The third kappa shape index (κ3) is 4.01. The summed E-state index contributed by atoms with van der Waals surface area (Å²) < 4.78 is 24.8. The molecule has 1 aliphatic heterocycles. The number of aliphatic hydroxyl groups excluding tert-OH is 1. The van der Waals surface area contributed by atoms with Gasteiger partial charge in [0.1, 0.15) is 0 Å². The molecule has 1 aliphatic rings. The van der Waals surface area contributed by atoms with Gasteiger partial charge in [-0.1, -0.05) is 0 Å². The lowest BCUT2D eigenvalue weighted by atomic mass is 9.98. The van der Waals surface area contributed by atoms with Crippen LogP contribution in [-0.2, 0) is 10.0 Å². The third-order valence-corrected chi connectivity index (χ3v) is 4.79. The highest BCUT2D eigenvalue weighted by molar-refractivity contribution is 7.89. The number of aliphatic hydroxyl groups is 1. The molecule has 0 radical (unpaired) electrons. The first-order valence-electron chi connectivity index (χ1n) is 5.69. The Morgan fingerprint density at radius 1 is 1.31 bits per heavy atom. The summed E-state index contributed by atoms with van der Waals surface area (Å²) in [4.78, 5) is 2.14. The zero-order valence-electron chi connectivity index (χ0n) is 10.1. The molecule has 1 saturated heterocycles. The van der Waals surface area contributed by atoms with E-state index >= 15 is 0 Å². The van der Waals surface area contributed by atoms with E-state index in [1.807, 2.05) is 14.1 Å². The first-order chi connectivity index (χ1) is 7.45. The molecule has 0 aliphatic carbocycles. The largest absolute Gasteiger partial charge is 0.395 e. The molecular weight excluding hydrogens is 228 g/mol. The Bertz CT molecular complexity index is 295. The molecule has 0 aromatic heterocycles. The Kier molecular flexibility index (Phi) is 5.17. The van der Waals surface area contributed by atoms with Gasteiger partial charge in [-0.25, -0.2) is 12.7 Å². The van der Waals surface area contributed by atoms with Crippen molar-refractivity contribution < 1.29 is 13.5 Å². The highest BCUT2D eigenvalue weighted by Crippen LogP contribution is 2.20. The molecule has 0 atom stereocenters. The molecule has 0 spiro atoms. The van der Waals surface area contributed by atoms with Crippen LogP contribution < -0.4 is 0 Å². The van der Waals surface area contributed by atoms with Crippen LogP contribution in [0.3, 0.4) is 0 Å².